The first kappa shape index (κ1) is 15.4. The molecular weight excluding hydrogens is 268 g/mol. The van der Waals surface area contributed by atoms with Crippen molar-refractivity contribution in [3.8, 4) is 5.75 Å². The molecule has 5 nitrogen and oxygen atoms in total. The van der Waals surface area contributed by atoms with E-state index in [1.807, 2.05) is 31.2 Å². The fourth-order valence-electron chi connectivity index (χ4n) is 2.24. The third kappa shape index (κ3) is 4.48. The molecule has 2 rings (SSSR count). The Labute approximate surface area is 125 Å². The van der Waals surface area contributed by atoms with E-state index >= 15 is 0 Å². The van der Waals surface area contributed by atoms with Gasteiger partial charge in [0.15, 0.2) is 6.10 Å². The molecule has 1 fully saturated rings. The lowest BCUT2D eigenvalue weighted by molar-refractivity contribution is -0.132. The molecule has 1 aromatic rings. The lowest BCUT2D eigenvalue weighted by atomic mass is 10.1. The second-order valence-electron chi connectivity index (χ2n) is 5.42. The molecule has 0 aliphatic carbocycles. The maximum Gasteiger partial charge on any atom is 0.261 e. The quantitative estimate of drug-likeness (QED) is 0.884. The van der Waals surface area contributed by atoms with Gasteiger partial charge in [-0.3, -0.25) is 9.59 Å². The van der Waals surface area contributed by atoms with E-state index in [-0.39, 0.29) is 11.8 Å². The van der Waals surface area contributed by atoms with Crippen molar-refractivity contribution in [3.05, 3.63) is 29.8 Å². The van der Waals surface area contributed by atoms with Crippen LogP contribution in [0.15, 0.2) is 24.3 Å². The molecule has 0 aromatic heterocycles. The van der Waals surface area contributed by atoms with Crippen LogP contribution in [0, 0.1) is 6.92 Å². The van der Waals surface area contributed by atoms with Crippen LogP contribution in [-0.2, 0) is 9.59 Å². The van der Waals surface area contributed by atoms with Crippen LogP contribution in [0.25, 0.3) is 0 Å². The zero-order valence-corrected chi connectivity index (χ0v) is 12.5. The fraction of sp³-hybridized carbons (Fsp3) is 0.500. The summed E-state index contributed by atoms with van der Waals surface area (Å²) in [4.78, 5) is 23.9. The summed E-state index contributed by atoms with van der Waals surface area (Å²) < 4.78 is 5.60. The number of carbonyl (C=O) groups excluding carboxylic acids is 2. The highest BCUT2D eigenvalue weighted by Gasteiger charge is 2.25. The van der Waals surface area contributed by atoms with E-state index < -0.39 is 12.1 Å². The van der Waals surface area contributed by atoms with Crippen LogP contribution in [0.2, 0.25) is 0 Å². The topological polar surface area (TPSA) is 67.4 Å². The smallest absolute Gasteiger partial charge is 0.261 e. The Morgan fingerprint density at radius 2 is 2.05 bits per heavy atom. The summed E-state index contributed by atoms with van der Waals surface area (Å²) in [5, 5.41) is 5.56. The van der Waals surface area contributed by atoms with E-state index in [4.69, 9.17) is 4.74 Å². The Morgan fingerprint density at radius 3 is 2.76 bits per heavy atom. The van der Waals surface area contributed by atoms with Gasteiger partial charge >= 0.3 is 0 Å². The van der Waals surface area contributed by atoms with Gasteiger partial charge in [0.1, 0.15) is 11.8 Å². The Kier molecular flexibility index (Phi) is 5.20. The molecule has 2 unspecified atom stereocenters. The second-order valence-corrected chi connectivity index (χ2v) is 5.42. The first-order valence-corrected chi connectivity index (χ1v) is 7.37. The maximum atomic E-state index is 12.1. The average Bonchev–Trinajstić information content (AvgIpc) is 2.66. The zero-order chi connectivity index (χ0) is 15.2. The Morgan fingerprint density at radius 1 is 1.33 bits per heavy atom. The first-order chi connectivity index (χ1) is 10.1. The average molecular weight is 290 g/mol. The standard InChI is InChI=1S/C16H22N2O3/c1-11-6-8-13(9-7-11)21-12(2)15(19)18-14-5-3-4-10-17-16(14)20/h6-9,12,14H,3-5,10H2,1-2H3,(H,17,20)(H,18,19). The number of ether oxygens (including phenoxy) is 1. The number of nitrogens with one attached hydrogen (secondary N) is 2. The van der Waals surface area contributed by atoms with Gasteiger partial charge in [-0.2, -0.15) is 0 Å². The van der Waals surface area contributed by atoms with Gasteiger partial charge in [0, 0.05) is 6.54 Å². The van der Waals surface area contributed by atoms with Crippen molar-refractivity contribution in [1.29, 1.82) is 0 Å². The normalized spacial score (nSPS) is 20.1. The van der Waals surface area contributed by atoms with Crippen molar-refractivity contribution in [2.45, 2.75) is 45.3 Å². The van der Waals surface area contributed by atoms with Gasteiger partial charge in [-0.05, 0) is 45.2 Å². The lowest BCUT2D eigenvalue weighted by Gasteiger charge is -2.19. The number of carbonyl (C=O) groups is 2. The fourth-order valence-corrected chi connectivity index (χ4v) is 2.24. The number of aryl methyl sites for hydroxylation is 1. The lowest BCUT2D eigenvalue weighted by Crippen LogP contribution is -2.49. The Hall–Kier alpha value is -2.04. The largest absolute Gasteiger partial charge is 0.481 e. The monoisotopic (exact) mass is 290 g/mol. The van der Waals surface area contributed by atoms with Crippen molar-refractivity contribution in [2.75, 3.05) is 6.54 Å². The molecule has 0 radical (unpaired) electrons. The van der Waals surface area contributed by atoms with Crippen LogP contribution in [0.1, 0.15) is 31.7 Å². The third-order valence-corrected chi connectivity index (χ3v) is 3.55. The number of rotatable bonds is 4. The maximum absolute atomic E-state index is 12.1. The zero-order valence-electron chi connectivity index (χ0n) is 12.5. The molecule has 5 heteroatoms. The van der Waals surface area contributed by atoms with Gasteiger partial charge in [0.05, 0.1) is 0 Å². The highest BCUT2D eigenvalue weighted by molar-refractivity contribution is 5.89. The SMILES string of the molecule is Cc1ccc(OC(C)C(=O)NC2CCCCNC2=O)cc1. The minimum Gasteiger partial charge on any atom is -0.481 e. The highest BCUT2D eigenvalue weighted by Crippen LogP contribution is 2.13. The molecule has 2 amide bonds. The Bertz CT molecular complexity index is 499. The van der Waals surface area contributed by atoms with E-state index in [1.165, 1.54) is 0 Å². The minimum absolute atomic E-state index is 0.108. The summed E-state index contributed by atoms with van der Waals surface area (Å²) in [7, 11) is 0. The highest BCUT2D eigenvalue weighted by atomic mass is 16.5. The van der Waals surface area contributed by atoms with Crippen molar-refractivity contribution in [3.63, 3.8) is 0 Å². The molecule has 114 valence electrons. The van der Waals surface area contributed by atoms with E-state index in [2.05, 4.69) is 10.6 Å². The van der Waals surface area contributed by atoms with E-state index in [0.717, 1.165) is 18.4 Å². The molecule has 0 saturated carbocycles. The summed E-state index contributed by atoms with van der Waals surface area (Å²) in [6, 6.07) is 7.07. The Balaban J connectivity index is 1.89. The van der Waals surface area contributed by atoms with Crippen LogP contribution in [0.3, 0.4) is 0 Å². The van der Waals surface area contributed by atoms with Crippen LogP contribution in [-0.4, -0.2) is 30.5 Å². The summed E-state index contributed by atoms with van der Waals surface area (Å²) >= 11 is 0. The number of hydrogen-bond donors (Lipinski definition) is 2. The van der Waals surface area contributed by atoms with E-state index in [9.17, 15) is 9.59 Å². The summed E-state index contributed by atoms with van der Waals surface area (Å²) in [5.41, 5.74) is 1.13. The molecule has 21 heavy (non-hydrogen) atoms. The molecule has 1 aliphatic rings. The summed E-state index contributed by atoms with van der Waals surface area (Å²) in [6.07, 6.45) is 1.92. The van der Waals surface area contributed by atoms with Crippen molar-refractivity contribution < 1.29 is 14.3 Å². The molecule has 1 aromatic carbocycles. The summed E-state index contributed by atoms with van der Waals surface area (Å²) in [6.45, 7) is 4.36. The number of benzene rings is 1. The minimum atomic E-state index is -0.635. The molecule has 0 spiro atoms. The van der Waals surface area contributed by atoms with Gasteiger partial charge in [-0.1, -0.05) is 17.7 Å². The predicted molar refractivity (Wildman–Crippen MR) is 80.1 cm³/mol. The van der Waals surface area contributed by atoms with Crippen LogP contribution < -0.4 is 15.4 Å². The second kappa shape index (κ2) is 7.11. The van der Waals surface area contributed by atoms with Gasteiger partial charge in [-0.15, -0.1) is 0 Å². The van der Waals surface area contributed by atoms with E-state index in [0.29, 0.717) is 18.7 Å². The number of hydrogen-bond acceptors (Lipinski definition) is 3. The van der Waals surface area contributed by atoms with Gasteiger partial charge in [0.25, 0.3) is 5.91 Å². The van der Waals surface area contributed by atoms with Crippen LogP contribution in [0.5, 0.6) is 5.75 Å². The van der Waals surface area contributed by atoms with E-state index in [1.54, 1.807) is 6.92 Å². The van der Waals surface area contributed by atoms with Crippen molar-refractivity contribution >= 4 is 11.8 Å². The van der Waals surface area contributed by atoms with Crippen LogP contribution in [0.4, 0.5) is 0 Å². The molecular formula is C16H22N2O3. The third-order valence-electron chi connectivity index (χ3n) is 3.55. The molecule has 2 atom stereocenters. The molecule has 1 saturated heterocycles. The molecule has 1 aliphatic heterocycles. The summed E-state index contributed by atoms with van der Waals surface area (Å²) in [5.74, 6) is 0.273. The molecule has 1 heterocycles. The number of amides is 2. The first-order valence-electron chi connectivity index (χ1n) is 7.37. The molecule has 0 bridgehead atoms. The van der Waals surface area contributed by atoms with Crippen LogP contribution >= 0.6 is 0 Å². The van der Waals surface area contributed by atoms with Crippen molar-refractivity contribution in [1.82, 2.24) is 10.6 Å². The van der Waals surface area contributed by atoms with Crippen molar-refractivity contribution in [2.24, 2.45) is 0 Å². The predicted octanol–water partition coefficient (Wildman–Crippen LogP) is 1.55. The van der Waals surface area contributed by atoms with Gasteiger partial charge in [0.2, 0.25) is 5.91 Å². The van der Waals surface area contributed by atoms with Gasteiger partial charge < -0.3 is 15.4 Å². The molecule has 2 N–H and O–H groups in total. The van der Waals surface area contributed by atoms with Gasteiger partial charge in [-0.25, -0.2) is 0 Å².